The Morgan fingerprint density at radius 1 is 1.18 bits per heavy atom. The summed E-state index contributed by atoms with van der Waals surface area (Å²) in [5.41, 5.74) is 2.99. The van der Waals surface area contributed by atoms with Crippen LogP contribution in [0.3, 0.4) is 0 Å². The third kappa shape index (κ3) is 5.87. The molecule has 33 heavy (non-hydrogen) atoms. The Bertz CT molecular complexity index is 1150. The topological polar surface area (TPSA) is 98.3 Å². The molecule has 1 aromatic carbocycles. The fourth-order valence-corrected chi connectivity index (χ4v) is 4.37. The van der Waals surface area contributed by atoms with Crippen molar-refractivity contribution in [2.24, 2.45) is 0 Å². The van der Waals surface area contributed by atoms with Gasteiger partial charge in [-0.15, -0.1) is 0 Å². The molecule has 3 aromatic rings. The third-order valence-electron chi connectivity index (χ3n) is 6.01. The van der Waals surface area contributed by atoms with Crippen LogP contribution in [-0.4, -0.2) is 45.0 Å². The molecule has 3 atom stereocenters. The van der Waals surface area contributed by atoms with Gasteiger partial charge in [0.1, 0.15) is 5.15 Å². The standard InChI is InChI=1S/C25H27ClN4O3/c1-30(15-20-3-2-4-23(31)29-20)25(33)17-7-5-16(6-8-17)13-19-10-11-21(28-19)24(32)18-9-12-22(26)27-14-18/h2-9,12,14,19,21,24,28,32H,10-11,13,15H2,1H3,(H,29,31)/t19-,21+,24?/m0/s1. The Morgan fingerprint density at radius 3 is 2.67 bits per heavy atom. The normalized spacial score (nSPS) is 18.8. The summed E-state index contributed by atoms with van der Waals surface area (Å²) in [6.45, 7) is 0.329. The summed E-state index contributed by atoms with van der Waals surface area (Å²) in [6, 6.07) is 16.2. The minimum atomic E-state index is -0.630. The molecule has 4 rings (SSSR count). The van der Waals surface area contributed by atoms with Crippen molar-refractivity contribution in [3.8, 4) is 0 Å². The number of nitrogens with zero attached hydrogens (tertiary/aromatic N) is 2. The molecule has 0 radical (unpaired) electrons. The number of aliphatic hydroxyl groups excluding tert-OH is 1. The lowest BCUT2D eigenvalue weighted by Crippen LogP contribution is -2.35. The summed E-state index contributed by atoms with van der Waals surface area (Å²) in [4.78, 5) is 32.6. The molecular formula is C25H27ClN4O3. The predicted octanol–water partition coefficient (Wildman–Crippen LogP) is 3.09. The van der Waals surface area contributed by atoms with Gasteiger partial charge in [0.15, 0.2) is 0 Å². The number of rotatable bonds is 7. The first-order chi connectivity index (χ1) is 15.9. The average Bonchev–Trinajstić information content (AvgIpc) is 3.27. The van der Waals surface area contributed by atoms with Gasteiger partial charge in [0.25, 0.3) is 5.91 Å². The number of amides is 1. The molecule has 0 saturated carbocycles. The number of H-pyrrole nitrogens is 1. The minimum absolute atomic E-state index is 0.0306. The maximum absolute atomic E-state index is 12.7. The average molecular weight is 467 g/mol. The van der Waals surface area contributed by atoms with Gasteiger partial charge in [0.05, 0.1) is 12.6 Å². The number of aromatic nitrogens is 2. The molecule has 8 heteroatoms. The predicted molar refractivity (Wildman–Crippen MR) is 127 cm³/mol. The second-order valence-electron chi connectivity index (χ2n) is 8.51. The molecule has 1 amide bonds. The van der Waals surface area contributed by atoms with E-state index in [1.54, 1.807) is 42.4 Å². The van der Waals surface area contributed by atoms with E-state index in [1.807, 2.05) is 24.3 Å². The minimum Gasteiger partial charge on any atom is -0.387 e. The number of pyridine rings is 2. The SMILES string of the molecule is CN(Cc1cccc(=O)[nH]1)C(=O)c1ccc(C[C@@H]2CC[C@H](C(O)c3ccc(Cl)nc3)N2)cc1. The van der Waals surface area contributed by atoms with E-state index >= 15 is 0 Å². The number of nitrogens with one attached hydrogen (secondary N) is 2. The van der Waals surface area contributed by atoms with Gasteiger partial charge in [0.2, 0.25) is 5.56 Å². The van der Waals surface area contributed by atoms with Crippen LogP contribution >= 0.6 is 11.6 Å². The summed E-state index contributed by atoms with van der Waals surface area (Å²) >= 11 is 5.83. The zero-order valence-corrected chi connectivity index (χ0v) is 19.1. The van der Waals surface area contributed by atoms with E-state index in [4.69, 9.17) is 11.6 Å². The van der Waals surface area contributed by atoms with Crippen LogP contribution in [0.25, 0.3) is 0 Å². The van der Waals surface area contributed by atoms with Gasteiger partial charge in [-0.1, -0.05) is 35.9 Å². The van der Waals surface area contributed by atoms with Gasteiger partial charge in [-0.05, 0) is 49.1 Å². The lowest BCUT2D eigenvalue weighted by molar-refractivity contribution is 0.0783. The van der Waals surface area contributed by atoms with Crippen LogP contribution in [0.5, 0.6) is 0 Å². The lowest BCUT2D eigenvalue weighted by atomic mass is 10.0. The first kappa shape index (κ1) is 23.2. The van der Waals surface area contributed by atoms with Gasteiger partial charge in [-0.2, -0.15) is 0 Å². The highest BCUT2D eigenvalue weighted by molar-refractivity contribution is 6.29. The second kappa shape index (κ2) is 10.3. The molecule has 1 saturated heterocycles. The van der Waals surface area contributed by atoms with E-state index in [2.05, 4.69) is 15.3 Å². The van der Waals surface area contributed by atoms with E-state index in [-0.39, 0.29) is 23.6 Å². The van der Waals surface area contributed by atoms with Crippen molar-refractivity contribution >= 4 is 17.5 Å². The Kier molecular flexibility index (Phi) is 7.23. The lowest BCUT2D eigenvalue weighted by Gasteiger charge is -2.20. The van der Waals surface area contributed by atoms with Crippen molar-refractivity contribution in [3.63, 3.8) is 0 Å². The Morgan fingerprint density at radius 2 is 1.97 bits per heavy atom. The van der Waals surface area contributed by atoms with E-state index < -0.39 is 6.10 Å². The molecular weight excluding hydrogens is 440 g/mol. The van der Waals surface area contributed by atoms with Crippen LogP contribution in [0.15, 0.2) is 65.6 Å². The second-order valence-corrected chi connectivity index (χ2v) is 8.90. The largest absolute Gasteiger partial charge is 0.387 e. The summed E-state index contributed by atoms with van der Waals surface area (Å²) in [5.74, 6) is -0.106. The maximum Gasteiger partial charge on any atom is 0.253 e. The first-order valence-electron chi connectivity index (χ1n) is 11.0. The van der Waals surface area contributed by atoms with Crippen molar-refractivity contribution in [2.75, 3.05) is 7.05 Å². The fraction of sp³-hybridized carbons (Fsp3) is 0.320. The highest BCUT2D eigenvalue weighted by Crippen LogP contribution is 2.27. The monoisotopic (exact) mass is 466 g/mol. The fourth-order valence-electron chi connectivity index (χ4n) is 4.26. The Labute approximate surface area is 197 Å². The van der Waals surface area contributed by atoms with Crippen LogP contribution in [0, 0.1) is 0 Å². The van der Waals surface area contributed by atoms with Gasteiger partial charge >= 0.3 is 0 Å². The van der Waals surface area contributed by atoms with Crippen LogP contribution in [0.2, 0.25) is 5.15 Å². The smallest absolute Gasteiger partial charge is 0.253 e. The Balaban J connectivity index is 1.31. The number of hydrogen-bond donors (Lipinski definition) is 3. The van der Waals surface area contributed by atoms with Crippen LogP contribution in [0.4, 0.5) is 0 Å². The van der Waals surface area contributed by atoms with Crippen molar-refractivity contribution in [1.82, 2.24) is 20.2 Å². The van der Waals surface area contributed by atoms with Gasteiger partial charge in [-0.3, -0.25) is 9.59 Å². The van der Waals surface area contributed by atoms with Crippen molar-refractivity contribution in [1.29, 1.82) is 0 Å². The molecule has 7 nitrogen and oxygen atoms in total. The zero-order chi connectivity index (χ0) is 23.4. The van der Waals surface area contributed by atoms with E-state index in [0.717, 1.165) is 30.4 Å². The summed E-state index contributed by atoms with van der Waals surface area (Å²) in [6.07, 6.45) is 3.63. The van der Waals surface area contributed by atoms with E-state index in [1.165, 1.54) is 6.07 Å². The van der Waals surface area contributed by atoms with Crippen molar-refractivity contribution in [2.45, 2.75) is 44.0 Å². The van der Waals surface area contributed by atoms with Crippen LogP contribution < -0.4 is 10.9 Å². The molecule has 0 bridgehead atoms. The number of halogens is 1. The highest BCUT2D eigenvalue weighted by Gasteiger charge is 2.30. The van der Waals surface area contributed by atoms with E-state index in [9.17, 15) is 14.7 Å². The molecule has 172 valence electrons. The van der Waals surface area contributed by atoms with Crippen LogP contribution in [0.1, 0.15) is 46.1 Å². The molecule has 1 aliphatic rings. The number of carbonyl (C=O) groups excluding carboxylic acids is 1. The van der Waals surface area contributed by atoms with Gasteiger partial charge in [0, 0.05) is 48.2 Å². The molecule has 3 N–H and O–H groups in total. The van der Waals surface area contributed by atoms with Gasteiger partial charge < -0.3 is 20.3 Å². The molecule has 3 heterocycles. The Hall–Kier alpha value is -3.00. The number of aliphatic hydroxyl groups is 1. The van der Waals surface area contributed by atoms with Gasteiger partial charge in [-0.25, -0.2) is 4.98 Å². The molecule has 1 unspecified atom stereocenters. The number of aromatic amines is 1. The zero-order valence-electron chi connectivity index (χ0n) is 18.4. The maximum atomic E-state index is 12.7. The highest BCUT2D eigenvalue weighted by atomic mass is 35.5. The molecule has 2 aromatic heterocycles. The molecule has 0 aliphatic carbocycles. The van der Waals surface area contributed by atoms with Crippen molar-refractivity contribution < 1.29 is 9.90 Å². The number of benzene rings is 1. The summed E-state index contributed by atoms with van der Waals surface area (Å²) < 4.78 is 0. The number of hydrogen-bond acceptors (Lipinski definition) is 5. The molecule has 0 spiro atoms. The molecule has 1 aliphatic heterocycles. The summed E-state index contributed by atoms with van der Waals surface area (Å²) in [5, 5.41) is 14.6. The van der Waals surface area contributed by atoms with E-state index in [0.29, 0.717) is 23.0 Å². The van der Waals surface area contributed by atoms with Crippen LogP contribution in [-0.2, 0) is 13.0 Å². The third-order valence-corrected chi connectivity index (χ3v) is 6.24. The van der Waals surface area contributed by atoms with Crippen molar-refractivity contribution in [3.05, 3.63) is 98.7 Å². The summed E-state index contributed by atoms with van der Waals surface area (Å²) in [7, 11) is 1.71. The first-order valence-corrected chi connectivity index (χ1v) is 11.3. The molecule has 1 fully saturated rings. The quantitative estimate of drug-likeness (QED) is 0.465. The number of carbonyl (C=O) groups is 1.